The van der Waals surface area contributed by atoms with Crippen LogP contribution in [0, 0.1) is 0 Å². The van der Waals surface area contributed by atoms with Gasteiger partial charge in [0.2, 0.25) is 0 Å². The summed E-state index contributed by atoms with van der Waals surface area (Å²) in [5, 5.41) is 4.19. The van der Waals surface area contributed by atoms with E-state index in [4.69, 9.17) is 0 Å². The highest BCUT2D eigenvalue weighted by Crippen LogP contribution is 2.14. The van der Waals surface area contributed by atoms with E-state index in [0.29, 0.717) is 23.2 Å². The van der Waals surface area contributed by atoms with Gasteiger partial charge in [-0.25, -0.2) is 4.68 Å². The van der Waals surface area contributed by atoms with Gasteiger partial charge in [0.05, 0.1) is 7.11 Å². The lowest BCUT2D eigenvalue weighted by Gasteiger charge is -2.11. The minimum atomic E-state index is -0.555. The van der Waals surface area contributed by atoms with Crippen LogP contribution in [0.4, 0.5) is 0 Å². The molecule has 0 unspecified atom stereocenters. The van der Waals surface area contributed by atoms with E-state index in [9.17, 15) is 14.4 Å². The third kappa shape index (κ3) is 2.34. The van der Waals surface area contributed by atoms with Gasteiger partial charge in [-0.2, -0.15) is 5.10 Å². The summed E-state index contributed by atoms with van der Waals surface area (Å²) in [6, 6.07) is 1.48. The second-order valence-electron chi connectivity index (χ2n) is 4.70. The number of esters is 1. The highest BCUT2D eigenvalue weighted by Gasteiger charge is 2.16. The molecule has 0 spiro atoms. The van der Waals surface area contributed by atoms with Crippen LogP contribution in [-0.4, -0.2) is 33.5 Å². The smallest absolute Gasteiger partial charge is 0.327 e. The lowest BCUT2D eigenvalue weighted by molar-refractivity contribution is -0.141. The van der Waals surface area contributed by atoms with Gasteiger partial charge in [-0.15, -0.1) is 0 Å². The first-order chi connectivity index (χ1) is 9.47. The summed E-state index contributed by atoms with van der Waals surface area (Å²) in [5.74, 6) is 0.0614. The Morgan fingerprint density at radius 1 is 1.50 bits per heavy atom. The Balaban J connectivity index is 2.71. The molecule has 2 rings (SSSR count). The van der Waals surface area contributed by atoms with E-state index in [0.717, 1.165) is 4.68 Å². The second-order valence-corrected chi connectivity index (χ2v) is 4.70. The van der Waals surface area contributed by atoms with E-state index >= 15 is 0 Å². The fourth-order valence-electron chi connectivity index (χ4n) is 1.94. The van der Waals surface area contributed by atoms with Crippen molar-refractivity contribution in [2.24, 2.45) is 0 Å². The van der Waals surface area contributed by atoms with Gasteiger partial charge in [0.25, 0.3) is 5.56 Å². The Hall–Kier alpha value is -2.44. The molecule has 0 N–H and O–H groups in total. The number of rotatable bonds is 4. The van der Waals surface area contributed by atoms with E-state index in [1.54, 1.807) is 10.6 Å². The van der Waals surface area contributed by atoms with Crippen LogP contribution in [0.15, 0.2) is 17.1 Å². The molecule has 0 aliphatic rings. The maximum atomic E-state index is 12.2. The highest BCUT2D eigenvalue weighted by atomic mass is 16.5. The summed E-state index contributed by atoms with van der Waals surface area (Å²) in [5.41, 5.74) is 0.268. The standard InChI is InChI=1S/C13H15N3O4/c1-8(2)12-14-16(6-11(18)20-3)13(19)10-4-9(7-17)5-15(10)12/h4-5,7-8H,6H2,1-3H3. The number of aromatic nitrogens is 3. The third-order valence-electron chi connectivity index (χ3n) is 2.92. The first-order valence-electron chi connectivity index (χ1n) is 6.13. The predicted molar refractivity (Wildman–Crippen MR) is 70.9 cm³/mol. The molecule has 0 atom stereocenters. The van der Waals surface area contributed by atoms with Crippen LogP contribution in [0.3, 0.4) is 0 Å². The molecule has 2 aromatic rings. The number of ether oxygens (including phenoxy) is 1. The van der Waals surface area contributed by atoms with Crippen molar-refractivity contribution in [2.75, 3.05) is 7.11 Å². The van der Waals surface area contributed by atoms with Crippen molar-refractivity contribution >= 4 is 17.8 Å². The normalized spacial score (nSPS) is 11.0. The van der Waals surface area contributed by atoms with Crippen molar-refractivity contribution in [3.63, 3.8) is 0 Å². The molecule has 0 aliphatic carbocycles. The Labute approximate surface area is 114 Å². The van der Waals surface area contributed by atoms with E-state index in [1.165, 1.54) is 13.2 Å². The maximum absolute atomic E-state index is 12.2. The topological polar surface area (TPSA) is 82.7 Å². The Bertz CT molecular complexity index is 727. The summed E-state index contributed by atoms with van der Waals surface area (Å²) in [4.78, 5) is 34.4. The molecule has 0 aromatic carbocycles. The number of carbonyl (C=O) groups excluding carboxylic acids is 2. The number of carbonyl (C=O) groups is 2. The molecule has 106 valence electrons. The van der Waals surface area contributed by atoms with E-state index in [2.05, 4.69) is 9.84 Å². The van der Waals surface area contributed by atoms with Crippen LogP contribution in [0.25, 0.3) is 5.52 Å². The minimum absolute atomic E-state index is 0.0221. The van der Waals surface area contributed by atoms with Crippen molar-refractivity contribution < 1.29 is 14.3 Å². The van der Waals surface area contributed by atoms with Crippen LogP contribution in [0.2, 0.25) is 0 Å². The maximum Gasteiger partial charge on any atom is 0.327 e. The predicted octanol–water partition coefficient (Wildman–Crippen LogP) is 0.605. The summed E-state index contributed by atoms with van der Waals surface area (Å²) in [6.07, 6.45) is 2.23. The number of nitrogens with zero attached hydrogens (tertiary/aromatic N) is 3. The summed E-state index contributed by atoms with van der Waals surface area (Å²) in [6.45, 7) is 3.57. The van der Waals surface area contributed by atoms with E-state index < -0.39 is 11.5 Å². The molecule has 0 aliphatic heterocycles. The van der Waals surface area contributed by atoms with Gasteiger partial charge in [0.15, 0.2) is 6.29 Å². The lowest BCUT2D eigenvalue weighted by atomic mass is 10.2. The van der Waals surface area contributed by atoms with Crippen molar-refractivity contribution in [1.29, 1.82) is 0 Å². The zero-order valence-electron chi connectivity index (χ0n) is 11.5. The van der Waals surface area contributed by atoms with Crippen LogP contribution in [-0.2, 0) is 16.1 Å². The number of hydrogen-bond acceptors (Lipinski definition) is 5. The molecule has 0 saturated heterocycles. The van der Waals surface area contributed by atoms with Crippen LogP contribution in [0.1, 0.15) is 35.9 Å². The molecule has 20 heavy (non-hydrogen) atoms. The lowest BCUT2D eigenvalue weighted by Crippen LogP contribution is -2.30. The first kappa shape index (κ1) is 14.0. The van der Waals surface area contributed by atoms with Gasteiger partial charge >= 0.3 is 5.97 Å². The molecule has 2 heterocycles. The van der Waals surface area contributed by atoms with E-state index in [1.807, 2.05) is 13.8 Å². The molecule has 0 radical (unpaired) electrons. The Kier molecular flexibility index (Phi) is 3.69. The first-order valence-corrected chi connectivity index (χ1v) is 6.13. The molecule has 7 nitrogen and oxygen atoms in total. The fraction of sp³-hybridized carbons (Fsp3) is 0.385. The van der Waals surface area contributed by atoms with Crippen molar-refractivity contribution in [3.8, 4) is 0 Å². The van der Waals surface area contributed by atoms with Gasteiger partial charge in [-0.1, -0.05) is 13.8 Å². The number of hydrogen-bond donors (Lipinski definition) is 0. The Morgan fingerprint density at radius 3 is 2.75 bits per heavy atom. The zero-order chi connectivity index (χ0) is 14.9. The van der Waals surface area contributed by atoms with Crippen LogP contribution < -0.4 is 5.56 Å². The molecule has 0 amide bonds. The fourth-order valence-corrected chi connectivity index (χ4v) is 1.94. The van der Waals surface area contributed by atoms with Crippen molar-refractivity contribution in [2.45, 2.75) is 26.3 Å². The average molecular weight is 277 g/mol. The van der Waals surface area contributed by atoms with Gasteiger partial charge in [0.1, 0.15) is 17.9 Å². The molecule has 0 fully saturated rings. The summed E-state index contributed by atoms with van der Waals surface area (Å²) in [7, 11) is 1.25. The monoisotopic (exact) mass is 277 g/mol. The molecule has 0 saturated carbocycles. The summed E-state index contributed by atoms with van der Waals surface area (Å²) >= 11 is 0. The quantitative estimate of drug-likeness (QED) is 0.604. The molecule has 7 heteroatoms. The van der Waals surface area contributed by atoms with Gasteiger partial charge in [-0.3, -0.25) is 18.8 Å². The molecular formula is C13H15N3O4. The van der Waals surface area contributed by atoms with Crippen molar-refractivity contribution in [3.05, 3.63) is 34.0 Å². The molecule has 2 aromatic heterocycles. The molecular weight excluding hydrogens is 262 g/mol. The van der Waals surface area contributed by atoms with Crippen LogP contribution >= 0.6 is 0 Å². The van der Waals surface area contributed by atoms with Crippen molar-refractivity contribution in [1.82, 2.24) is 14.2 Å². The third-order valence-corrected chi connectivity index (χ3v) is 2.92. The number of fused-ring (bicyclic) bond motifs is 1. The number of aldehydes is 1. The largest absolute Gasteiger partial charge is 0.468 e. The zero-order valence-corrected chi connectivity index (χ0v) is 11.5. The van der Waals surface area contributed by atoms with E-state index in [-0.39, 0.29) is 12.5 Å². The highest BCUT2D eigenvalue weighted by molar-refractivity contribution is 5.78. The van der Waals surface area contributed by atoms with Gasteiger partial charge in [-0.05, 0) is 6.07 Å². The SMILES string of the molecule is COC(=O)Cn1nc(C(C)C)n2cc(C=O)cc2c1=O. The minimum Gasteiger partial charge on any atom is -0.468 e. The molecule has 0 bridgehead atoms. The average Bonchev–Trinajstić information content (AvgIpc) is 2.85. The number of methoxy groups -OCH3 is 1. The van der Waals surface area contributed by atoms with Crippen LogP contribution in [0.5, 0.6) is 0 Å². The summed E-state index contributed by atoms with van der Waals surface area (Å²) < 4.78 is 7.19. The Morgan fingerprint density at radius 2 is 2.20 bits per heavy atom. The van der Waals surface area contributed by atoms with Gasteiger partial charge < -0.3 is 4.74 Å². The van der Waals surface area contributed by atoms with Gasteiger partial charge in [0, 0.05) is 17.7 Å². The second kappa shape index (κ2) is 5.28.